The molecule has 394 valence electrons. The van der Waals surface area contributed by atoms with Crippen molar-refractivity contribution in [1.29, 1.82) is 0 Å². The lowest BCUT2D eigenvalue weighted by atomic mass is 10.1. The van der Waals surface area contributed by atoms with E-state index in [1.165, 1.54) is 18.4 Å². The molecule has 15 nitrogen and oxygen atoms in total. The average molecular weight is 1080 g/mol. The lowest BCUT2D eigenvalue weighted by Crippen LogP contribution is -2.45. The summed E-state index contributed by atoms with van der Waals surface area (Å²) in [6.07, 6.45) is 4.46. The van der Waals surface area contributed by atoms with Crippen LogP contribution in [-0.2, 0) is 26.5 Å². The number of aryl methyl sites for hydroxylation is 1. The average Bonchev–Trinajstić information content (AvgIpc) is 4.08. The van der Waals surface area contributed by atoms with E-state index in [2.05, 4.69) is 60.7 Å². The predicted molar refractivity (Wildman–Crippen MR) is 310 cm³/mol. The van der Waals surface area contributed by atoms with Crippen LogP contribution >= 0.6 is 22.7 Å². The van der Waals surface area contributed by atoms with Crippen LogP contribution in [0.2, 0.25) is 0 Å². The molecule has 7 aromatic rings. The molecule has 2 saturated heterocycles. The largest absolute Gasteiger partial charge is 0.377 e. The van der Waals surface area contributed by atoms with Crippen molar-refractivity contribution in [2.45, 2.75) is 42.4 Å². The summed E-state index contributed by atoms with van der Waals surface area (Å²) in [5.74, 6) is 0. The second kappa shape index (κ2) is 25.7. The molecule has 0 atom stereocenters. The first-order valence-electron chi connectivity index (χ1n) is 25.5. The lowest BCUT2D eigenvalue weighted by molar-refractivity contribution is 0.158. The second-order valence-corrected chi connectivity index (χ2v) is 24.3. The molecule has 4 heterocycles. The number of unbranched alkanes of at least 4 members (excludes halogenated alkanes) is 2. The SMILES string of the molecule is CCCCCc1ccc(S(=O)(=O)Nc2cccc(-c3csc(NCCN4CCN(C)CC4)n3)c2)cc1.CN1CCN(CCNc2nc(-c3cccc(NS(=O)(=O)c4cccc5c(N(C)C)cccc45)c3)cs2)CC1. The number of anilines is 5. The fraction of sp³-hybridized carbons (Fsp3) is 0.382. The first-order chi connectivity index (χ1) is 35.7. The van der Waals surface area contributed by atoms with E-state index in [0.29, 0.717) is 16.8 Å². The minimum atomic E-state index is -3.81. The number of aromatic nitrogens is 2. The Bertz CT molecular complexity index is 3130. The van der Waals surface area contributed by atoms with Gasteiger partial charge in [-0.25, -0.2) is 26.8 Å². The summed E-state index contributed by atoms with van der Waals surface area (Å²) in [5, 5.41) is 14.2. The molecule has 9 rings (SSSR count). The maximum absolute atomic E-state index is 13.5. The Morgan fingerprint density at radius 2 is 1.08 bits per heavy atom. The Labute approximate surface area is 446 Å². The third-order valence-electron chi connectivity index (χ3n) is 13.4. The molecular weight excluding hydrogens is 1010 g/mol. The number of hydrogen-bond donors (Lipinski definition) is 4. The number of nitrogens with one attached hydrogen (secondary N) is 4. The number of rotatable bonds is 21. The van der Waals surface area contributed by atoms with Crippen LogP contribution in [0, 0.1) is 0 Å². The third-order valence-corrected chi connectivity index (χ3v) is 17.8. The van der Waals surface area contributed by atoms with Crippen LogP contribution < -0.4 is 25.0 Å². The highest BCUT2D eigenvalue weighted by atomic mass is 32.2. The first-order valence-corrected chi connectivity index (χ1v) is 30.2. The zero-order chi connectivity index (χ0) is 52.1. The molecule has 19 heteroatoms. The normalized spacial score (nSPS) is 15.1. The second-order valence-electron chi connectivity index (χ2n) is 19.2. The summed E-state index contributed by atoms with van der Waals surface area (Å²) in [4.78, 5) is 21.6. The monoisotopic (exact) mass is 1080 g/mol. The smallest absolute Gasteiger partial charge is 0.262 e. The van der Waals surface area contributed by atoms with Gasteiger partial charge in [0, 0.05) is 142 Å². The highest BCUT2D eigenvalue weighted by Crippen LogP contribution is 2.33. The summed E-state index contributed by atoms with van der Waals surface area (Å²) in [7, 11) is 0.760. The fourth-order valence-electron chi connectivity index (χ4n) is 8.97. The van der Waals surface area contributed by atoms with Crippen LogP contribution in [0.5, 0.6) is 0 Å². The highest BCUT2D eigenvalue weighted by Gasteiger charge is 2.21. The van der Waals surface area contributed by atoms with Gasteiger partial charge in [0.15, 0.2) is 10.3 Å². The molecule has 0 spiro atoms. The van der Waals surface area contributed by atoms with Crippen LogP contribution in [0.25, 0.3) is 33.3 Å². The zero-order valence-corrected chi connectivity index (χ0v) is 46.5. The van der Waals surface area contributed by atoms with Gasteiger partial charge in [0.1, 0.15) is 0 Å². The molecule has 0 aliphatic carbocycles. The van der Waals surface area contributed by atoms with Crippen molar-refractivity contribution in [3.63, 3.8) is 0 Å². The van der Waals surface area contributed by atoms with Gasteiger partial charge >= 0.3 is 0 Å². The van der Waals surface area contributed by atoms with E-state index in [0.717, 1.165) is 135 Å². The predicted octanol–water partition coefficient (Wildman–Crippen LogP) is 9.49. The Kier molecular flexibility index (Phi) is 19.0. The van der Waals surface area contributed by atoms with Crippen molar-refractivity contribution < 1.29 is 16.8 Å². The van der Waals surface area contributed by atoms with Gasteiger partial charge in [0.05, 0.1) is 21.2 Å². The van der Waals surface area contributed by atoms with Gasteiger partial charge in [0.2, 0.25) is 0 Å². The van der Waals surface area contributed by atoms with E-state index in [1.807, 2.05) is 103 Å². The summed E-state index contributed by atoms with van der Waals surface area (Å²) in [6.45, 7) is 14.7. The van der Waals surface area contributed by atoms with Crippen molar-refractivity contribution >= 4 is 80.8 Å². The van der Waals surface area contributed by atoms with Gasteiger partial charge in [-0.1, -0.05) is 80.4 Å². The topological polar surface area (TPSA) is 158 Å². The molecule has 4 N–H and O–H groups in total. The number of nitrogens with zero attached hydrogens (tertiary/aromatic N) is 7. The van der Waals surface area contributed by atoms with Crippen molar-refractivity contribution in [2.24, 2.45) is 0 Å². The van der Waals surface area contributed by atoms with Crippen molar-refractivity contribution in [2.75, 3.05) is 132 Å². The summed E-state index contributed by atoms with van der Waals surface area (Å²) in [6, 6.07) is 33.1. The molecule has 2 fully saturated rings. The summed E-state index contributed by atoms with van der Waals surface area (Å²) < 4.78 is 58.3. The fourth-order valence-corrected chi connectivity index (χ4v) is 12.8. The number of thiazole rings is 2. The molecule has 2 aromatic heterocycles. The number of hydrogen-bond acceptors (Lipinski definition) is 15. The van der Waals surface area contributed by atoms with Gasteiger partial charge in [-0.2, -0.15) is 0 Å². The Morgan fingerprint density at radius 1 is 0.581 bits per heavy atom. The minimum absolute atomic E-state index is 0.254. The highest BCUT2D eigenvalue weighted by molar-refractivity contribution is 7.93. The van der Waals surface area contributed by atoms with Gasteiger partial charge < -0.3 is 25.3 Å². The van der Waals surface area contributed by atoms with Crippen LogP contribution in [0.3, 0.4) is 0 Å². The van der Waals surface area contributed by atoms with Crippen LogP contribution in [-0.4, -0.2) is 153 Å². The van der Waals surface area contributed by atoms with Gasteiger partial charge in [0.25, 0.3) is 20.0 Å². The maximum Gasteiger partial charge on any atom is 0.262 e. The molecule has 74 heavy (non-hydrogen) atoms. The third kappa shape index (κ3) is 15.0. The Hall–Kier alpha value is -5.64. The first kappa shape index (κ1) is 54.6. The van der Waals surface area contributed by atoms with Crippen molar-refractivity contribution in [1.82, 2.24) is 29.6 Å². The van der Waals surface area contributed by atoms with Gasteiger partial charge in [-0.05, 0) is 81.0 Å². The molecule has 2 aliphatic rings. The Morgan fingerprint density at radius 3 is 1.61 bits per heavy atom. The van der Waals surface area contributed by atoms with Crippen LogP contribution in [0.15, 0.2) is 130 Å². The minimum Gasteiger partial charge on any atom is -0.377 e. The standard InChI is InChI=1S/C28H34N6O2S2.C27H37N5O2S2/c1-32(2)26-11-5-10-24-23(26)9-6-12-27(24)38(35,36)31-22-8-4-7-21(19-22)25-20-37-28(30-25)29-13-14-34-17-15-33(3)16-18-34;1-3-4-5-7-22-10-12-25(13-11-22)36(33,34)30-24-9-6-8-23(20-24)26-21-35-27(29-26)28-14-15-32-18-16-31(2)17-19-32/h4-12,19-20,31H,13-18H2,1-3H3,(H,29,30);6,8-13,20-21,30H,3-5,7,14-19H2,1-2H3,(H,28,29). The number of piperazine rings is 2. The molecule has 0 saturated carbocycles. The molecule has 0 radical (unpaired) electrons. The molecule has 2 aliphatic heterocycles. The van der Waals surface area contributed by atoms with Crippen molar-refractivity contribution in [3.05, 3.63) is 126 Å². The lowest BCUT2D eigenvalue weighted by Gasteiger charge is -2.32. The van der Waals surface area contributed by atoms with Gasteiger partial charge in [-0.15, -0.1) is 22.7 Å². The number of likely N-dealkylation sites (N-methyl/N-ethyl adjacent to an activating group) is 2. The molecular formula is C55H71N11O4S4. The van der Waals surface area contributed by atoms with E-state index < -0.39 is 20.0 Å². The Balaban J connectivity index is 0.000000197. The molecule has 0 unspecified atom stereocenters. The summed E-state index contributed by atoms with van der Waals surface area (Å²) in [5.41, 5.74) is 6.56. The van der Waals surface area contributed by atoms with E-state index in [-0.39, 0.29) is 9.79 Å². The zero-order valence-electron chi connectivity index (χ0n) is 43.3. The van der Waals surface area contributed by atoms with Crippen LogP contribution in [0.1, 0.15) is 31.7 Å². The maximum atomic E-state index is 13.5. The quantitative estimate of drug-likeness (QED) is 0.0505. The van der Waals surface area contributed by atoms with E-state index in [1.54, 1.807) is 59.1 Å². The molecule has 0 amide bonds. The van der Waals surface area contributed by atoms with Crippen LogP contribution in [0.4, 0.5) is 27.3 Å². The van der Waals surface area contributed by atoms with Gasteiger partial charge in [-0.3, -0.25) is 19.2 Å². The number of fused-ring (bicyclic) bond motifs is 1. The van der Waals surface area contributed by atoms with E-state index >= 15 is 0 Å². The van der Waals surface area contributed by atoms with E-state index in [9.17, 15) is 16.8 Å². The van der Waals surface area contributed by atoms with Crippen molar-refractivity contribution in [3.8, 4) is 22.5 Å². The number of sulfonamides is 2. The molecule has 5 aromatic carbocycles. The summed E-state index contributed by atoms with van der Waals surface area (Å²) >= 11 is 3.13. The van der Waals surface area contributed by atoms with E-state index in [4.69, 9.17) is 9.97 Å². The number of benzene rings is 5. The molecule has 0 bridgehead atoms.